The maximum Gasteiger partial charge on any atom is 0.339 e. The zero-order valence-corrected chi connectivity index (χ0v) is 11.4. The molecule has 1 N–H and O–H groups in total. The molecule has 2 rings (SSSR count). The fourth-order valence-electron chi connectivity index (χ4n) is 1.83. The minimum Gasteiger partial charge on any atom is -0.478 e. The van der Waals surface area contributed by atoms with Gasteiger partial charge in [-0.1, -0.05) is 50.3 Å². The predicted octanol–water partition coefficient (Wildman–Crippen LogP) is 3.47. The molecule has 102 valence electrons. The van der Waals surface area contributed by atoms with Gasteiger partial charge in [-0.05, 0) is 17.6 Å². The molecule has 0 saturated carbocycles. The highest BCUT2D eigenvalue weighted by Crippen LogP contribution is 2.17. The van der Waals surface area contributed by atoms with Gasteiger partial charge in [0.15, 0.2) is 5.82 Å². The largest absolute Gasteiger partial charge is 0.478 e. The van der Waals surface area contributed by atoms with Gasteiger partial charge in [-0.15, -0.1) is 0 Å². The summed E-state index contributed by atoms with van der Waals surface area (Å²) >= 11 is 0. The van der Waals surface area contributed by atoms with Crippen molar-refractivity contribution < 1.29 is 9.90 Å². The van der Waals surface area contributed by atoms with Gasteiger partial charge in [0.2, 0.25) is 0 Å². The Morgan fingerprint density at radius 1 is 1.20 bits per heavy atom. The zero-order valence-electron chi connectivity index (χ0n) is 11.4. The van der Waals surface area contributed by atoms with Crippen LogP contribution in [0.4, 0.5) is 0 Å². The van der Waals surface area contributed by atoms with Crippen LogP contribution in [-0.4, -0.2) is 21.0 Å². The van der Waals surface area contributed by atoms with Crippen LogP contribution in [0.2, 0.25) is 0 Å². The molecule has 0 atom stereocenters. The highest BCUT2D eigenvalue weighted by molar-refractivity contribution is 5.88. The number of benzene rings is 1. The van der Waals surface area contributed by atoms with Gasteiger partial charge in [0.25, 0.3) is 0 Å². The Hall–Kier alpha value is -2.49. The Balaban J connectivity index is 2.32. The van der Waals surface area contributed by atoms with Gasteiger partial charge in [-0.25, -0.2) is 14.8 Å². The Kier molecular flexibility index (Phi) is 4.25. The molecule has 0 fully saturated rings. The fraction of sp³-hybridized carbons (Fsp3) is 0.188. The highest BCUT2D eigenvalue weighted by Gasteiger charge is 2.15. The summed E-state index contributed by atoms with van der Waals surface area (Å²) in [5.41, 5.74) is 1.77. The number of carboxylic acids is 1. The van der Waals surface area contributed by atoms with Crippen LogP contribution in [0.25, 0.3) is 12.2 Å². The smallest absolute Gasteiger partial charge is 0.339 e. The lowest BCUT2D eigenvalue weighted by Crippen LogP contribution is -2.08. The van der Waals surface area contributed by atoms with Gasteiger partial charge in [0.05, 0.1) is 11.3 Å². The second kappa shape index (κ2) is 6.10. The molecule has 0 aliphatic carbocycles. The average Bonchev–Trinajstić information content (AvgIpc) is 2.45. The number of carbonyl (C=O) groups is 1. The van der Waals surface area contributed by atoms with Gasteiger partial charge < -0.3 is 5.11 Å². The van der Waals surface area contributed by atoms with Gasteiger partial charge in [-0.2, -0.15) is 0 Å². The molecule has 0 radical (unpaired) electrons. The Morgan fingerprint density at radius 2 is 1.90 bits per heavy atom. The first-order valence-corrected chi connectivity index (χ1v) is 6.41. The molecule has 2 aromatic rings. The van der Waals surface area contributed by atoms with Crippen LogP contribution in [-0.2, 0) is 0 Å². The van der Waals surface area contributed by atoms with Crippen molar-refractivity contribution in [2.75, 3.05) is 0 Å². The molecule has 0 bridgehead atoms. The van der Waals surface area contributed by atoms with E-state index in [1.807, 2.05) is 50.3 Å². The number of hydrogen-bond donors (Lipinski definition) is 1. The van der Waals surface area contributed by atoms with E-state index < -0.39 is 5.97 Å². The van der Waals surface area contributed by atoms with Gasteiger partial charge in [0, 0.05) is 6.20 Å². The number of rotatable bonds is 4. The monoisotopic (exact) mass is 268 g/mol. The summed E-state index contributed by atoms with van der Waals surface area (Å²) in [5.74, 6) is -0.442. The summed E-state index contributed by atoms with van der Waals surface area (Å²) in [6.45, 7) is 3.83. The molecular weight excluding hydrogens is 252 g/mol. The third kappa shape index (κ3) is 3.29. The number of aromatic nitrogens is 2. The van der Waals surface area contributed by atoms with Crippen LogP contribution in [0.15, 0.2) is 36.5 Å². The molecule has 4 nitrogen and oxygen atoms in total. The Bertz CT molecular complexity index is 634. The first-order valence-electron chi connectivity index (χ1n) is 6.41. The summed E-state index contributed by atoms with van der Waals surface area (Å²) in [5, 5.41) is 9.12. The van der Waals surface area contributed by atoms with E-state index in [2.05, 4.69) is 9.97 Å². The minimum absolute atomic E-state index is 0.0352. The first kappa shape index (κ1) is 13.9. The molecule has 20 heavy (non-hydrogen) atoms. The molecule has 0 aliphatic heterocycles. The van der Waals surface area contributed by atoms with Crippen LogP contribution in [0.3, 0.4) is 0 Å². The lowest BCUT2D eigenvalue weighted by molar-refractivity contribution is 0.0694. The van der Waals surface area contributed by atoms with Crippen molar-refractivity contribution in [3.8, 4) is 0 Å². The molecule has 0 unspecified atom stereocenters. The van der Waals surface area contributed by atoms with Gasteiger partial charge in [0.1, 0.15) is 0 Å². The quantitative estimate of drug-likeness (QED) is 0.922. The molecular formula is C16H16N2O2. The standard InChI is InChI=1S/C16H16N2O2/c1-11(2)15-13(16(19)20)10-17-14(18-15)9-8-12-6-4-3-5-7-12/h3-11H,1-2H3,(H,19,20). The van der Waals surface area contributed by atoms with E-state index in [4.69, 9.17) is 5.11 Å². The van der Waals surface area contributed by atoms with Crippen LogP contribution in [0, 0.1) is 0 Å². The van der Waals surface area contributed by atoms with E-state index in [9.17, 15) is 4.79 Å². The lowest BCUT2D eigenvalue weighted by atomic mass is 10.1. The van der Waals surface area contributed by atoms with E-state index in [0.717, 1.165) is 5.56 Å². The summed E-state index contributed by atoms with van der Waals surface area (Å²) in [7, 11) is 0. The van der Waals surface area contributed by atoms with E-state index >= 15 is 0 Å². The number of hydrogen-bond acceptors (Lipinski definition) is 3. The zero-order chi connectivity index (χ0) is 14.5. The molecule has 0 aliphatic rings. The number of nitrogens with zero attached hydrogens (tertiary/aromatic N) is 2. The molecule has 1 aromatic heterocycles. The maximum absolute atomic E-state index is 11.1. The summed E-state index contributed by atoms with van der Waals surface area (Å²) in [6, 6.07) is 9.81. The van der Waals surface area contributed by atoms with Crippen LogP contribution in [0.1, 0.15) is 47.2 Å². The number of carboxylic acid groups (broad SMARTS) is 1. The van der Waals surface area contributed by atoms with Crippen LogP contribution >= 0.6 is 0 Å². The van der Waals surface area contributed by atoms with Gasteiger partial charge >= 0.3 is 5.97 Å². The normalized spacial score (nSPS) is 11.2. The molecule has 1 aromatic carbocycles. The molecule has 4 heteroatoms. The van der Waals surface area contributed by atoms with E-state index in [1.165, 1.54) is 6.20 Å². The van der Waals surface area contributed by atoms with E-state index in [0.29, 0.717) is 11.5 Å². The molecule has 1 heterocycles. The van der Waals surface area contributed by atoms with Crippen LogP contribution in [0.5, 0.6) is 0 Å². The third-order valence-corrected chi connectivity index (χ3v) is 2.84. The van der Waals surface area contributed by atoms with E-state index in [1.54, 1.807) is 6.08 Å². The predicted molar refractivity (Wildman–Crippen MR) is 78.5 cm³/mol. The van der Waals surface area contributed by atoms with Crippen molar-refractivity contribution in [2.45, 2.75) is 19.8 Å². The summed E-state index contributed by atoms with van der Waals surface area (Å²) in [4.78, 5) is 19.5. The molecule has 0 amide bonds. The average molecular weight is 268 g/mol. The highest BCUT2D eigenvalue weighted by atomic mass is 16.4. The van der Waals surface area contributed by atoms with E-state index in [-0.39, 0.29) is 11.5 Å². The van der Waals surface area contributed by atoms with Crippen molar-refractivity contribution in [3.05, 3.63) is 59.2 Å². The second-order valence-electron chi connectivity index (χ2n) is 4.73. The molecule has 0 saturated heterocycles. The number of aromatic carboxylic acids is 1. The lowest BCUT2D eigenvalue weighted by Gasteiger charge is -2.08. The second-order valence-corrected chi connectivity index (χ2v) is 4.73. The van der Waals surface area contributed by atoms with Crippen LogP contribution < -0.4 is 0 Å². The Morgan fingerprint density at radius 3 is 2.50 bits per heavy atom. The summed E-state index contributed by atoms with van der Waals surface area (Å²) < 4.78 is 0. The summed E-state index contributed by atoms with van der Waals surface area (Å²) in [6.07, 6.45) is 5.06. The van der Waals surface area contributed by atoms with Crippen molar-refractivity contribution in [3.63, 3.8) is 0 Å². The fourth-order valence-corrected chi connectivity index (χ4v) is 1.83. The topological polar surface area (TPSA) is 63.1 Å². The Labute approximate surface area is 117 Å². The third-order valence-electron chi connectivity index (χ3n) is 2.84. The van der Waals surface area contributed by atoms with Crippen molar-refractivity contribution in [2.24, 2.45) is 0 Å². The van der Waals surface area contributed by atoms with Gasteiger partial charge in [-0.3, -0.25) is 0 Å². The SMILES string of the molecule is CC(C)c1nc(C=Cc2ccccc2)ncc1C(=O)O. The first-order chi connectivity index (χ1) is 9.58. The van der Waals surface area contributed by atoms with Crippen molar-refractivity contribution in [1.82, 2.24) is 9.97 Å². The maximum atomic E-state index is 11.1. The van der Waals surface area contributed by atoms with Crippen molar-refractivity contribution >= 4 is 18.1 Å². The molecule has 0 spiro atoms. The van der Waals surface area contributed by atoms with Crippen molar-refractivity contribution in [1.29, 1.82) is 0 Å². The minimum atomic E-state index is -0.993.